The maximum atomic E-state index is 14.0. The van der Waals surface area contributed by atoms with Gasteiger partial charge in [-0.05, 0) is 66.8 Å². The number of amides is 2. The molecule has 3 aromatic carbocycles. The molecule has 0 fully saturated rings. The summed E-state index contributed by atoms with van der Waals surface area (Å²) >= 11 is 14.0. The average molecular weight is 489 g/mol. The number of rotatable bonds is 3. The van der Waals surface area contributed by atoms with Crippen LogP contribution in [0.5, 0.6) is 0 Å². The molecule has 1 aromatic heterocycles. The van der Waals surface area contributed by atoms with Crippen molar-refractivity contribution >= 4 is 61.3 Å². The van der Waals surface area contributed by atoms with Gasteiger partial charge in [0.15, 0.2) is 0 Å². The van der Waals surface area contributed by atoms with Crippen LogP contribution in [0.2, 0.25) is 10.0 Å². The van der Waals surface area contributed by atoms with Crippen LogP contribution in [0.3, 0.4) is 0 Å². The van der Waals surface area contributed by atoms with Crippen LogP contribution in [-0.4, -0.2) is 6.03 Å². The smallest absolute Gasteiger partial charge is 0.305 e. The van der Waals surface area contributed by atoms with E-state index in [0.717, 1.165) is 52.6 Å². The van der Waals surface area contributed by atoms with Gasteiger partial charge in [-0.15, -0.1) is 11.3 Å². The van der Waals surface area contributed by atoms with Crippen molar-refractivity contribution in [2.45, 2.75) is 19.3 Å². The molecular weight excluding hydrogens is 473 g/mol. The minimum absolute atomic E-state index is 0.116. The third-order valence-corrected chi connectivity index (χ3v) is 7.13. The Morgan fingerprint density at radius 3 is 2.47 bits per heavy atom. The van der Waals surface area contributed by atoms with Crippen LogP contribution in [0.1, 0.15) is 17.5 Å². The number of hydrogen-bond acceptors (Lipinski definition) is 2. The van der Waals surface area contributed by atoms with E-state index in [0.29, 0.717) is 15.0 Å². The number of benzene rings is 3. The molecule has 32 heavy (non-hydrogen) atoms. The minimum atomic E-state index is -0.853. The molecule has 0 unspecified atom stereocenters. The van der Waals surface area contributed by atoms with Gasteiger partial charge in [-0.25, -0.2) is 13.6 Å². The third kappa shape index (κ3) is 3.94. The maximum absolute atomic E-state index is 14.0. The standard InChI is InChI=1S/C24H16Cl2F2N2OS/c25-14-4-6-16(18(26)10-14)22-17-8-12-2-1-3-13(12)9-21(17)32-23(22)30-24(31)29-20-7-5-15(27)11-19(20)28/h4-11H,1-3H2,(H2,29,30,31). The Balaban J connectivity index is 1.58. The summed E-state index contributed by atoms with van der Waals surface area (Å²) in [5.74, 6) is -1.57. The zero-order chi connectivity index (χ0) is 22.4. The number of carbonyl (C=O) groups is 1. The molecule has 0 aliphatic heterocycles. The van der Waals surface area contributed by atoms with Crippen molar-refractivity contribution in [1.29, 1.82) is 0 Å². The fourth-order valence-corrected chi connectivity index (χ4v) is 5.72. The Bertz CT molecular complexity index is 1390. The van der Waals surface area contributed by atoms with Crippen molar-refractivity contribution in [2.24, 2.45) is 0 Å². The Morgan fingerprint density at radius 2 is 1.72 bits per heavy atom. The second-order valence-corrected chi connectivity index (χ2v) is 9.50. The molecule has 3 nitrogen and oxygen atoms in total. The first-order valence-corrected chi connectivity index (χ1v) is 11.5. The van der Waals surface area contributed by atoms with Gasteiger partial charge in [0.25, 0.3) is 0 Å². The molecule has 2 N–H and O–H groups in total. The van der Waals surface area contributed by atoms with Crippen molar-refractivity contribution < 1.29 is 13.6 Å². The van der Waals surface area contributed by atoms with E-state index in [1.807, 2.05) is 6.07 Å². The van der Waals surface area contributed by atoms with Gasteiger partial charge in [-0.1, -0.05) is 29.3 Å². The molecule has 0 saturated carbocycles. The monoisotopic (exact) mass is 488 g/mol. The highest BCUT2D eigenvalue weighted by Crippen LogP contribution is 2.47. The van der Waals surface area contributed by atoms with Crippen molar-refractivity contribution in [3.63, 3.8) is 0 Å². The van der Waals surface area contributed by atoms with E-state index in [4.69, 9.17) is 23.2 Å². The number of anilines is 2. The molecular formula is C24H16Cl2F2N2OS. The van der Waals surface area contributed by atoms with E-state index >= 15 is 0 Å². The second kappa shape index (κ2) is 8.35. The quantitative estimate of drug-likeness (QED) is 0.299. The summed E-state index contributed by atoms with van der Waals surface area (Å²) in [6.45, 7) is 0. The molecule has 0 atom stereocenters. The lowest BCUT2D eigenvalue weighted by Crippen LogP contribution is -2.20. The lowest BCUT2D eigenvalue weighted by Gasteiger charge is -2.11. The predicted molar refractivity (Wildman–Crippen MR) is 128 cm³/mol. The van der Waals surface area contributed by atoms with Crippen LogP contribution >= 0.6 is 34.5 Å². The zero-order valence-corrected chi connectivity index (χ0v) is 18.9. The molecule has 0 radical (unpaired) electrons. The Kier molecular flexibility index (Phi) is 5.53. The molecule has 1 aliphatic carbocycles. The van der Waals surface area contributed by atoms with Crippen LogP contribution in [0, 0.1) is 11.6 Å². The number of aryl methyl sites for hydroxylation is 2. The largest absolute Gasteiger partial charge is 0.324 e. The maximum Gasteiger partial charge on any atom is 0.324 e. The number of urea groups is 1. The van der Waals surface area contributed by atoms with Gasteiger partial charge in [0.1, 0.15) is 16.6 Å². The molecule has 0 saturated heterocycles. The van der Waals surface area contributed by atoms with E-state index in [2.05, 4.69) is 22.8 Å². The molecule has 162 valence electrons. The van der Waals surface area contributed by atoms with Crippen molar-refractivity contribution in [2.75, 3.05) is 10.6 Å². The average Bonchev–Trinajstić information content (AvgIpc) is 3.32. The Morgan fingerprint density at radius 1 is 0.938 bits per heavy atom. The molecule has 1 heterocycles. The molecule has 4 aromatic rings. The first-order valence-electron chi connectivity index (χ1n) is 9.96. The fraction of sp³-hybridized carbons (Fsp3) is 0.125. The summed E-state index contributed by atoms with van der Waals surface area (Å²) in [5, 5.41) is 7.80. The summed E-state index contributed by atoms with van der Waals surface area (Å²) in [4.78, 5) is 12.7. The highest BCUT2D eigenvalue weighted by Gasteiger charge is 2.22. The lowest BCUT2D eigenvalue weighted by molar-refractivity contribution is 0.262. The highest BCUT2D eigenvalue weighted by molar-refractivity contribution is 7.23. The van der Waals surface area contributed by atoms with E-state index in [1.54, 1.807) is 12.1 Å². The molecule has 0 bridgehead atoms. The van der Waals surface area contributed by atoms with Crippen LogP contribution in [0.25, 0.3) is 21.2 Å². The fourth-order valence-electron chi connectivity index (χ4n) is 4.06. The summed E-state index contributed by atoms with van der Waals surface area (Å²) in [6, 6.07) is 11.9. The topological polar surface area (TPSA) is 41.1 Å². The summed E-state index contributed by atoms with van der Waals surface area (Å²) in [5.41, 5.74) is 4.03. The van der Waals surface area contributed by atoms with Crippen LogP contribution in [0.4, 0.5) is 24.3 Å². The van der Waals surface area contributed by atoms with Gasteiger partial charge in [0.2, 0.25) is 0 Å². The summed E-state index contributed by atoms with van der Waals surface area (Å²) in [7, 11) is 0. The van der Waals surface area contributed by atoms with Crippen LogP contribution < -0.4 is 10.6 Å². The lowest BCUT2D eigenvalue weighted by atomic mass is 10.0. The molecule has 8 heteroatoms. The first-order chi connectivity index (χ1) is 15.4. The van der Waals surface area contributed by atoms with Gasteiger partial charge in [0, 0.05) is 32.3 Å². The van der Waals surface area contributed by atoms with Crippen LogP contribution in [-0.2, 0) is 12.8 Å². The van der Waals surface area contributed by atoms with Crippen molar-refractivity contribution in [1.82, 2.24) is 0 Å². The number of carbonyl (C=O) groups excluding carboxylic acids is 1. The Hall–Kier alpha value is -2.67. The highest BCUT2D eigenvalue weighted by atomic mass is 35.5. The molecule has 0 spiro atoms. The predicted octanol–water partition coefficient (Wildman–Crippen LogP) is 8.29. The number of hydrogen-bond donors (Lipinski definition) is 2. The number of nitrogens with one attached hydrogen (secondary N) is 2. The van der Waals surface area contributed by atoms with Gasteiger partial charge in [0.05, 0.1) is 10.7 Å². The van der Waals surface area contributed by atoms with Crippen LogP contribution in [0.15, 0.2) is 48.5 Å². The summed E-state index contributed by atoms with van der Waals surface area (Å²) in [6.07, 6.45) is 3.18. The van der Waals surface area contributed by atoms with Gasteiger partial charge < -0.3 is 5.32 Å². The van der Waals surface area contributed by atoms with E-state index < -0.39 is 17.7 Å². The summed E-state index contributed by atoms with van der Waals surface area (Å²) < 4.78 is 28.2. The third-order valence-electron chi connectivity index (χ3n) is 5.51. The second-order valence-electron chi connectivity index (χ2n) is 7.60. The number of halogens is 4. The minimum Gasteiger partial charge on any atom is -0.305 e. The molecule has 1 aliphatic rings. The molecule has 5 rings (SSSR count). The van der Waals surface area contributed by atoms with Crippen molar-refractivity contribution in [3.05, 3.63) is 81.3 Å². The normalized spacial score (nSPS) is 12.8. The van der Waals surface area contributed by atoms with Crippen molar-refractivity contribution in [3.8, 4) is 11.1 Å². The Labute approximate surface area is 197 Å². The first kappa shape index (κ1) is 21.2. The van der Waals surface area contributed by atoms with Gasteiger partial charge in [-0.3, -0.25) is 5.32 Å². The van der Waals surface area contributed by atoms with E-state index in [9.17, 15) is 13.6 Å². The van der Waals surface area contributed by atoms with Gasteiger partial charge in [-0.2, -0.15) is 0 Å². The van der Waals surface area contributed by atoms with E-state index in [1.165, 1.54) is 28.5 Å². The zero-order valence-electron chi connectivity index (χ0n) is 16.6. The number of thiophene rings is 1. The SMILES string of the molecule is O=C(Nc1ccc(F)cc1F)Nc1sc2cc3c(cc2c1-c1ccc(Cl)cc1Cl)CCC3. The van der Waals surface area contributed by atoms with Gasteiger partial charge >= 0.3 is 6.03 Å². The molecule has 2 amide bonds. The van der Waals surface area contributed by atoms with E-state index in [-0.39, 0.29) is 5.69 Å². The number of fused-ring (bicyclic) bond motifs is 2.